The van der Waals surface area contributed by atoms with E-state index in [1.54, 1.807) is 17.5 Å². The molecule has 1 unspecified atom stereocenters. The second-order valence-corrected chi connectivity index (χ2v) is 6.30. The molecular formula is C13H23Cl2N3OS. The number of thiazole rings is 1. The van der Waals surface area contributed by atoms with Crippen LogP contribution in [0.25, 0.3) is 0 Å². The summed E-state index contributed by atoms with van der Waals surface area (Å²) in [6.45, 7) is 6.15. The summed E-state index contributed by atoms with van der Waals surface area (Å²) in [6, 6.07) is 0. The number of nitrogens with zero attached hydrogens (tertiary/aromatic N) is 1. The Morgan fingerprint density at radius 2 is 2.30 bits per heavy atom. The third kappa shape index (κ3) is 5.56. The average Bonchev–Trinajstić information content (AvgIpc) is 2.99. The first-order chi connectivity index (χ1) is 8.58. The summed E-state index contributed by atoms with van der Waals surface area (Å²) in [5, 5.41) is 9.29. The first-order valence-electron chi connectivity index (χ1n) is 6.49. The Balaban J connectivity index is 0.00000180. The minimum absolute atomic E-state index is 0. The molecule has 1 atom stereocenters. The number of rotatable bonds is 5. The highest BCUT2D eigenvalue weighted by Crippen LogP contribution is 2.22. The Hall–Kier alpha value is -0.360. The molecule has 1 aliphatic rings. The van der Waals surface area contributed by atoms with Gasteiger partial charge in [0.2, 0.25) is 5.91 Å². The van der Waals surface area contributed by atoms with Crippen molar-refractivity contribution in [2.75, 3.05) is 13.1 Å². The van der Waals surface area contributed by atoms with E-state index in [-0.39, 0.29) is 36.3 Å². The first kappa shape index (κ1) is 19.6. The molecule has 1 aromatic rings. The van der Waals surface area contributed by atoms with Crippen LogP contribution in [0.5, 0.6) is 0 Å². The van der Waals surface area contributed by atoms with E-state index in [1.165, 1.54) is 6.42 Å². The highest BCUT2D eigenvalue weighted by Gasteiger charge is 2.25. The molecule has 0 saturated carbocycles. The predicted octanol–water partition coefficient (Wildman–Crippen LogP) is 2.73. The summed E-state index contributed by atoms with van der Waals surface area (Å²) in [7, 11) is 0. The van der Waals surface area contributed by atoms with E-state index in [0.29, 0.717) is 12.3 Å². The zero-order chi connectivity index (χ0) is 13.0. The van der Waals surface area contributed by atoms with Gasteiger partial charge in [-0.2, -0.15) is 0 Å². The maximum atomic E-state index is 12.0. The Morgan fingerprint density at radius 1 is 1.55 bits per heavy atom. The second kappa shape index (κ2) is 8.82. The van der Waals surface area contributed by atoms with Crippen molar-refractivity contribution in [2.24, 2.45) is 5.92 Å². The highest BCUT2D eigenvalue weighted by molar-refractivity contribution is 7.09. The Labute approximate surface area is 137 Å². The van der Waals surface area contributed by atoms with Gasteiger partial charge in [-0.25, -0.2) is 4.98 Å². The molecule has 1 saturated heterocycles. The van der Waals surface area contributed by atoms with Crippen molar-refractivity contribution in [1.29, 1.82) is 0 Å². The molecule has 0 radical (unpaired) electrons. The average molecular weight is 340 g/mol. The molecule has 1 fully saturated rings. The van der Waals surface area contributed by atoms with E-state index in [4.69, 9.17) is 0 Å². The van der Waals surface area contributed by atoms with Gasteiger partial charge in [0.25, 0.3) is 0 Å². The van der Waals surface area contributed by atoms with Crippen molar-refractivity contribution in [3.8, 4) is 0 Å². The summed E-state index contributed by atoms with van der Waals surface area (Å²) in [5.74, 6) is 0.792. The van der Waals surface area contributed by atoms with Crippen LogP contribution in [-0.4, -0.2) is 24.0 Å². The van der Waals surface area contributed by atoms with Gasteiger partial charge in [0.1, 0.15) is 5.01 Å². The SMILES string of the molecule is CC(C)(NC(=O)CCC1CCNC1)c1nccs1.Cl.Cl. The van der Waals surface area contributed by atoms with Crippen LogP contribution in [0.3, 0.4) is 0 Å². The van der Waals surface area contributed by atoms with Crippen molar-refractivity contribution in [1.82, 2.24) is 15.6 Å². The quantitative estimate of drug-likeness (QED) is 0.867. The van der Waals surface area contributed by atoms with Crippen LogP contribution < -0.4 is 10.6 Å². The van der Waals surface area contributed by atoms with Crippen LogP contribution >= 0.6 is 36.2 Å². The van der Waals surface area contributed by atoms with Gasteiger partial charge in [-0.15, -0.1) is 36.2 Å². The maximum Gasteiger partial charge on any atom is 0.220 e. The molecule has 0 bridgehead atoms. The lowest BCUT2D eigenvalue weighted by Crippen LogP contribution is -2.41. The number of hydrogen-bond acceptors (Lipinski definition) is 4. The molecule has 7 heteroatoms. The molecule has 1 aromatic heterocycles. The lowest BCUT2D eigenvalue weighted by Gasteiger charge is -2.24. The van der Waals surface area contributed by atoms with Gasteiger partial charge in [0.05, 0.1) is 5.54 Å². The fraction of sp³-hybridized carbons (Fsp3) is 0.692. The van der Waals surface area contributed by atoms with Crippen LogP contribution in [0, 0.1) is 5.92 Å². The van der Waals surface area contributed by atoms with Gasteiger partial charge >= 0.3 is 0 Å². The summed E-state index contributed by atoms with van der Waals surface area (Å²) in [6.07, 6.45) is 4.56. The van der Waals surface area contributed by atoms with E-state index in [1.807, 2.05) is 19.2 Å². The maximum absolute atomic E-state index is 12.0. The molecule has 0 aromatic carbocycles. The standard InChI is InChI=1S/C13H21N3OS.2ClH/c1-13(2,12-15-7-8-18-12)16-11(17)4-3-10-5-6-14-9-10;;/h7-8,10,14H,3-6,9H2,1-2H3,(H,16,17);2*1H. The smallest absolute Gasteiger partial charge is 0.220 e. The molecule has 2 heterocycles. The summed E-state index contributed by atoms with van der Waals surface area (Å²) in [5.41, 5.74) is -0.362. The molecule has 2 rings (SSSR count). The molecule has 0 spiro atoms. The number of carbonyl (C=O) groups is 1. The molecule has 2 N–H and O–H groups in total. The van der Waals surface area contributed by atoms with Crippen LogP contribution in [0.15, 0.2) is 11.6 Å². The number of amides is 1. The number of halogens is 2. The van der Waals surface area contributed by atoms with E-state index in [0.717, 1.165) is 24.5 Å². The Morgan fingerprint density at radius 3 is 2.85 bits per heavy atom. The van der Waals surface area contributed by atoms with Crippen molar-refractivity contribution in [3.05, 3.63) is 16.6 Å². The van der Waals surface area contributed by atoms with Crippen LogP contribution in [0.1, 0.15) is 38.1 Å². The largest absolute Gasteiger partial charge is 0.345 e. The molecule has 1 aliphatic heterocycles. The van der Waals surface area contributed by atoms with Crippen LogP contribution in [0.2, 0.25) is 0 Å². The van der Waals surface area contributed by atoms with E-state index >= 15 is 0 Å². The molecule has 20 heavy (non-hydrogen) atoms. The molecule has 4 nitrogen and oxygen atoms in total. The lowest BCUT2D eigenvalue weighted by molar-refractivity contribution is -0.123. The topological polar surface area (TPSA) is 54.0 Å². The summed E-state index contributed by atoms with van der Waals surface area (Å²) in [4.78, 5) is 16.2. The van der Waals surface area contributed by atoms with Crippen molar-refractivity contribution >= 4 is 42.1 Å². The van der Waals surface area contributed by atoms with Gasteiger partial charge in [-0.3, -0.25) is 4.79 Å². The summed E-state index contributed by atoms with van der Waals surface area (Å²) < 4.78 is 0. The molecule has 1 amide bonds. The highest BCUT2D eigenvalue weighted by atomic mass is 35.5. The Kier molecular flexibility index (Phi) is 8.66. The number of nitrogens with one attached hydrogen (secondary N) is 2. The van der Waals surface area contributed by atoms with E-state index in [9.17, 15) is 4.79 Å². The van der Waals surface area contributed by atoms with E-state index in [2.05, 4.69) is 15.6 Å². The minimum atomic E-state index is -0.362. The fourth-order valence-corrected chi connectivity index (χ4v) is 3.01. The third-order valence-corrected chi connectivity index (χ3v) is 4.46. The Bertz CT molecular complexity index is 392. The van der Waals surface area contributed by atoms with Gasteiger partial charge in [-0.05, 0) is 45.7 Å². The van der Waals surface area contributed by atoms with Gasteiger partial charge in [-0.1, -0.05) is 0 Å². The minimum Gasteiger partial charge on any atom is -0.345 e. The number of carbonyl (C=O) groups excluding carboxylic acids is 1. The van der Waals surface area contributed by atoms with Crippen molar-refractivity contribution < 1.29 is 4.79 Å². The van der Waals surface area contributed by atoms with E-state index < -0.39 is 0 Å². The zero-order valence-electron chi connectivity index (χ0n) is 11.8. The third-order valence-electron chi connectivity index (χ3n) is 3.36. The molecule has 116 valence electrons. The first-order valence-corrected chi connectivity index (χ1v) is 7.37. The zero-order valence-corrected chi connectivity index (χ0v) is 14.3. The van der Waals surface area contributed by atoms with Gasteiger partial charge in [0, 0.05) is 18.0 Å². The number of hydrogen-bond donors (Lipinski definition) is 2. The normalized spacial score (nSPS) is 18.0. The van der Waals surface area contributed by atoms with Crippen LogP contribution in [0.4, 0.5) is 0 Å². The van der Waals surface area contributed by atoms with Crippen molar-refractivity contribution in [3.63, 3.8) is 0 Å². The van der Waals surface area contributed by atoms with Gasteiger partial charge < -0.3 is 10.6 Å². The fourth-order valence-electron chi connectivity index (χ4n) is 2.29. The van der Waals surface area contributed by atoms with Gasteiger partial charge in [0.15, 0.2) is 0 Å². The summed E-state index contributed by atoms with van der Waals surface area (Å²) >= 11 is 1.58. The molecule has 0 aliphatic carbocycles. The molecular weight excluding hydrogens is 317 g/mol. The number of aromatic nitrogens is 1. The predicted molar refractivity (Wildman–Crippen MR) is 88.0 cm³/mol. The lowest BCUT2D eigenvalue weighted by atomic mass is 10.0. The van der Waals surface area contributed by atoms with Crippen molar-refractivity contribution in [2.45, 2.75) is 38.6 Å². The van der Waals surface area contributed by atoms with Crippen LogP contribution in [-0.2, 0) is 10.3 Å². The second-order valence-electron chi connectivity index (χ2n) is 5.41. The monoisotopic (exact) mass is 339 g/mol.